The van der Waals surface area contributed by atoms with Crippen LogP contribution in [0.25, 0.3) is 0 Å². The van der Waals surface area contributed by atoms with Gasteiger partial charge in [0.1, 0.15) is 13.2 Å². The molecule has 0 spiro atoms. The van der Waals surface area contributed by atoms with E-state index in [0.29, 0.717) is 0 Å². The quantitative estimate of drug-likeness (QED) is 0.334. The molecule has 0 atom stereocenters. The number of benzene rings is 2. The van der Waals surface area contributed by atoms with Gasteiger partial charge < -0.3 is 9.47 Å². The van der Waals surface area contributed by atoms with Crippen LogP contribution in [0.2, 0.25) is 0 Å². The minimum atomic E-state index is -1.05. The number of Topliss-reactive ketones (excluding diaryl/α,β-unsaturated/α-hetero) is 2. The zero-order valence-electron chi connectivity index (χ0n) is 12.6. The third-order valence-electron chi connectivity index (χ3n) is 2.99. The molecule has 0 aliphatic heterocycles. The van der Waals surface area contributed by atoms with E-state index in [1.165, 1.54) is 24.3 Å². The minimum absolute atomic E-state index is 0.207. The zero-order chi connectivity index (χ0) is 17.4. The summed E-state index contributed by atoms with van der Waals surface area (Å²) < 4.78 is 9.43. The molecule has 2 aromatic rings. The molecule has 0 saturated heterocycles. The number of carbonyl (C=O) groups is 4. The van der Waals surface area contributed by atoms with Crippen molar-refractivity contribution in [1.29, 1.82) is 0 Å². The summed E-state index contributed by atoms with van der Waals surface area (Å²) in [7, 11) is 0. The largest absolute Gasteiger partial charge is 0.456 e. The number of hydrogen-bond acceptors (Lipinski definition) is 6. The molecule has 0 fully saturated rings. The molecule has 24 heavy (non-hydrogen) atoms. The average Bonchev–Trinajstić information content (AvgIpc) is 2.65. The number of ketones is 2. The second-order valence-corrected chi connectivity index (χ2v) is 4.66. The summed E-state index contributed by atoms with van der Waals surface area (Å²) >= 11 is 0. The summed E-state index contributed by atoms with van der Waals surface area (Å²) in [6.07, 6.45) is 0. The molecule has 6 nitrogen and oxygen atoms in total. The number of hydrogen-bond donors (Lipinski definition) is 0. The van der Waals surface area contributed by atoms with Gasteiger partial charge in [0.2, 0.25) is 0 Å². The summed E-state index contributed by atoms with van der Waals surface area (Å²) in [4.78, 5) is 46.6. The number of ether oxygens (including phenoxy) is 2. The van der Waals surface area contributed by atoms with Crippen LogP contribution in [0.15, 0.2) is 60.7 Å². The second-order valence-electron chi connectivity index (χ2n) is 4.66. The SMILES string of the molecule is O=C(OCCOC(=O)C(=O)c1ccccc1)C(=O)c1ccccc1. The maximum Gasteiger partial charge on any atom is 0.379 e. The monoisotopic (exact) mass is 326 g/mol. The standard InChI is InChI=1S/C18H14O6/c19-15(13-7-3-1-4-8-13)17(21)23-11-12-24-18(22)16(20)14-9-5-2-6-10-14/h1-10H,11-12H2. The van der Waals surface area contributed by atoms with Gasteiger partial charge in [-0.05, 0) is 0 Å². The Bertz CT molecular complexity index is 671. The second kappa shape index (κ2) is 8.38. The van der Waals surface area contributed by atoms with Crippen LogP contribution in [0.1, 0.15) is 20.7 Å². The van der Waals surface area contributed by atoms with Crippen LogP contribution >= 0.6 is 0 Å². The van der Waals surface area contributed by atoms with Gasteiger partial charge in [-0.2, -0.15) is 0 Å². The van der Waals surface area contributed by atoms with Crippen LogP contribution < -0.4 is 0 Å². The van der Waals surface area contributed by atoms with E-state index in [1.807, 2.05) is 0 Å². The van der Waals surface area contributed by atoms with Gasteiger partial charge >= 0.3 is 11.9 Å². The lowest BCUT2D eigenvalue weighted by Crippen LogP contribution is -2.23. The molecule has 0 aromatic heterocycles. The first kappa shape index (κ1) is 17.1. The van der Waals surface area contributed by atoms with E-state index in [1.54, 1.807) is 36.4 Å². The van der Waals surface area contributed by atoms with Crippen molar-refractivity contribution >= 4 is 23.5 Å². The van der Waals surface area contributed by atoms with Crippen LogP contribution in [0.5, 0.6) is 0 Å². The van der Waals surface area contributed by atoms with Gasteiger partial charge in [-0.3, -0.25) is 9.59 Å². The van der Waals surface area contributed by atoms with Crippen LogP contribution in [-0.4, -0.2) is 36.7 Å². The molecule has 0 aliphatic carbocycles. The van der Waals surface area contributed by atoms with Crippen LogP contribution in [0.3, 0.4) is 0 Å². The topological polar surface area (TPSA) is 86.7 Å². The molecule has 0 heterocycles. The maximum absolute atomic E-state index is 11.7. The third-order valence-corrected chi connectivity index (χ3v) is 2.99. The Morgan fingerprint density at radius 1 is 0.583 bits per heavy atom. The molecule has 0 bridgehead atoms. The molecule has 0 radical (unpaired) electrons. The van der Waals surface area contributed by atoms with Crippen molar-refractivity contribution in [3.05, 3.63) is 71.8 Å². The summed E-state index contributed by atoms with van der Waals surface area (Å²) in [5, 5.41) is 0. The molecule has 0 N–H and O–H groups in total. The van der Waals surface area contributed by atoms with E-state index in [2.05, 4.69) is 0 Å². The van der Waals surface area contributed by atoms with Crippen molar-refractivity contribution in [1.82, 2.24) is 0 Å². The lowest BCUT2D eigenvalue weighted by molar-refractivity contribution is -0.146. The molecule has 0 aliphatic rings. The van der Waals surface area contributed by atoms with Crippen molar-refractivity contribution in [2.75, 3.05) is 13.2 Å². The van der Waals surface area contributed by atoms with Gasteiger partial charge in [-0.1, -0.05) is 60.7 Å². The zero-order valence-corrected chi connectivity index (χ0v) is 12.6. The highest BCUT2D eigenvalue weighted by atomic mass is 16.6. The fourth-order valence-corrected chi connectivity index (χ4v) is 1.81. The van der Waals surface area contributed by atoms with E-state index < -0.39 is 23.5 Å². The normalized spacial score (nSPS) is 9.83. The molecule has 0 unspecified atom stereocenters. The van der Waals surface area contributed by atoms with Crippen LogP contribution in [-0.2, 0) is 19.1 Å². The maximum atomic E-state index is 11.7. The van der Waals surface area contributed by atoms with E-state index in [9.17, 15) is 19.2 Å². The Balaban J connectivity index is 1.74. The predicted molar refractivity (Wildman–Crippen MR) is 83.5 cm³/mol. The van der Waals surface area contributed by atoms with E-state index in [0.717, 1.165) is 0 Å². The van der Waals surface area contributed by atoms with Gasteiger partial charge in [0.15, 0.2) is 0 Å². The molecular weight excluding hydrogens is 312 g/mol. The van der Waals surface area contributed by atoms with Crippen molar-refractivity contribution in [3.8, 4) is 0 Å². The number of esters is 2. The first-order valence-electron chi connectivity index (χ1n) is 7.12. The van der Waals surface area contributed by atoms with Gasteiger partial charge in [0, 0.05) is 11.1 Å². The Morgan fingerprint density at radius 3 is 1.25 bits per heavy atom. The first-order valence-corrected chi connectivity index (χ1v) is 7.12. The van der Waals surface area contributed by atoms with Crippen LogP contribution in [0.4, 0.5) is 0 Å². The Hall–Kier alpha value is -3.28. The molecule has 6 heteroatoms. The fourth-order valence-electron chi connectivity index (χ4n) is 1.81. The predicted octanol–water partition coefficient (Wildman–Crippen LogP) is 1.84. The molecule has 2 aromatic carbocycles. The lowest BCUT2D eigenvalue weighted by Gasteiger charge is -2.05. The first-order chi connectivity index (χ1) is 11.6. The number of rotatable bonds is 7. The van der Waals surface area contributed by atoms with E-state index in [-0.39, 0.29) is 24.3 Å². The third kappa shape index (κ3) is 4.61. The van der Waals surface area contributed by atoms with Crippen LogP contribution in [0, 0.1) is 0 Å². The summed E-state index contributed by atoms with van der Waals surface area (Å²) in [5.41, 5.74) is 0.414. The smallest absolute Gasteiger partial charge is 0.379 e. The molecular formula is C18H14O6. The van der Waals surface area contributed by atoms with Crippen molar-refractivity contribution < 1.29 is 28.7 Å². The van der Waals surface area contributed by atoms with E-state index in [4.69, 9.17) is 9.47 Å². The molecule has 0 amide bonds. The number of carbonyl (C=O) groups excluding carboxylic acids is 4. The van der Waals surface area contributed by atoms with Gasteiger partial charge in [0.05, 0.1) is 0 Å². The van der Waals surface area contributed by atoms with Crippen molar-refractivity contribution in [3.63, 3.8) is 0 Å². The summed E-state index contributed by atoms with van der Waals surface area (Å²) in [6, 6.07) is 15.9. The Labute approximate surface area is 138 Å². The highest BCUT2D eigenvalue weighted by Gasteiger charge is 2.19. The molecule has 2 rings (SSSR count). The summed E-state index contributed by atoms with van der Waals surface area (Å²) in [6.45, 7) is -0.629. The van der Waals surface area contributed by atoms with Gasteiger partial charge in [0.25, 0.3) is 11.6 Å². The van der Waals surface area contributed by atoms with E-state index >= 15 is 0 Å². The molecule has 0 saturated carbocycles. The Morgan fingerprint density at radius 2 is 0.917 bits per heavy atom. The highest BCUT2D eigenvalue weighted by molar-refractivity contribution is 6.41. The molecule has 122 valence electrons. The highest BCUT2D eigenvalue weighted by Crippen LogP contribution is 2.03. The minimum Gasteiger partial charge on any atom is -0.456 e. The van der Waals surface area contributed by atoms with Crippen molar-refractivity contribution in [2.45, 2.75) is 0 Å². The lowest BCUT2D eigenvalue weighted by atomic mass is 10.1. The Kier molecular flexibility index (Phi) is 5.96. The van der Waals surface area contributed by atoms with Crippen molar-refractivity contribution in [2.24, 2.45) is 0 Å². The average molecular weight is 326 g/mol. The van der Waals surface area contributed by atoms with Gasteiger partial charge in [-0.25, -0.2) is 9.59 Å². The fraction of sp³-hybridized carbons (Fsp3) is 0.111. The summed E-state index contributed by atoms with van der Waals surface area (Å²) in [5.74, 6) is -3.68. The van der Waals surface area contributed by atoms with Gasteiger partial charge in [-0.15, -0.1) is 0 Å².